The van der Waals surface area contributed by atoms with E-state index in [9.17, 15) is 14.4 Å². The van der Waals surface area contributed by atoms with Crippen LogP contribution in [-0.2, 0) is 9.59 Å². The first-order chi connectivity index (χ1) is 9.43. The number of carbonyl (C=O) groups is 3. The number of amides is 1. The number of hydrogen-bond acceptors (Lipinski definition) is 3. The van der Waals surface area contributed by atoms with Crippen LogP contribution < -0.4 is 5.32 Å². The molecule has 0 aliphatic heterocycles. The molecule has 0 spiro atoms. The SMILES string of the molecule is CCC(NC(=O)/C=C/C(=O)c1ccc(Br)cc1)C(=O)O. The van der Waals surface area contributed by atoms with Crippen LogP contribution >= 0.6 is 15.9 Å². The number of nitrogens with one attached hydrogen (secondary N) is 1. The van der Waals surface area contributed by atoms with Crippen LogP contribution in [0.25, 0.3) is 0 Å². The van der Waals surface area contributed by atoms with Crippen molar-refractivity contribution in [3.63, 3.8) is 0 Å². The van der Waals surface area contributed by atoms with Crippen LogP contribution in [0.2, 0.25) is 0 Å². The highest BCUT2D eigenvalue weighted by atomic mass is 79.9. The summed E-state index contributed by atoms with van der Waals surface area (Å²) in [5.41, 5.74) is 0.447. The maximum Gasteiger partial charge on any atom is 0.326 e. The van der Waals surface area contributed by atoms with Gasteiger partial charge in [0, 0.05) is 16.1 Å². The standard InChI is InChI=1S/C14H14BrNO4/c1-2-11(14(19)20)16-13(18)8-7-12(17)9-3-5-10(15)6-4-9/h3-8,11H,2H2,1H3,(H,16,18)(H,19,20)/b8-7+. The molecule has 1 aromatic carbocycles. The third-order valence-electron chi connectivity index (χ3n) is 2.54. The zero-order valence-electron chi connectivity index (χ0n) is 10.8. The normalized spacial score (nSPS) is 12.1. The van der Waals surface area contributed by atoms with Gasteiger partial charge in [0.25, 0.3) is 0 Å². The Kier molecular flexibility index (Phi) is 6.11. The van der Waals surface area contributed by atoms with Crippen LogP contribution in [-0.4, -0.2) is 28.8 Å². The predicted octanol–water partition coefficient (Wildman–Crippen LogP) is 2.17. The zero-order chi connectivity index (χ0) is 15.1. The van der Waals surface area contributed by atoms with Crippen molar-refractivity contribution in [2.45, 2.75) is 19.4 Å². The van der Waals surface area contributed by atoms with Gasteiger partial charge in [0.15, 0.2) is 5.78 Å². The lowest BCUT2D eigenvalue weighted by molar-refractivity contribution is -0.141. The summed E-state index contributed by atoms with van der Waals surface area (Å²) in [6.45, 7) is 1.65. The van der Waals surface area contributed by atoms with E-state index in [0.717, 1.165) is 16.6 Å². The molecule has 0 radical (unpaired) electrons. The molecule has 0 fully saturated rings. The molecule has 0 aliphatic carbocycles. The number of allylic oxidation sites excluding steroid dienone is 1. The molecule has 0 aromatic heterocycles. The van der Waals surface area contributed by atoms with E-state index in [-0.39, 0.29) is 12.2 Å². The van der Waals surface area contributed by atoms with Crippen molar-refractivity contribution < 1.29 is 19.5 Å². The summed E-state index contributed by atoms with van der Waals surface area (Å²) in [5.74, 6) is -2.03. The van der Waals surface area contributed by atoms with Crippen molar-refractivity contribution >= 4 is 33.6 Å². The molecule has 20 heavy (non-hydrogen) atoms. The summed E-state index contributed by atoms with van der Waals surface area (Å²) in [6, 6.07) is 5.74. The first kappa shape index (κ1) is 16.1. The molecule has 0 bridgehead atoms. The smallest absolute Gasteiger partial charge is 0.326 e. The molecular formula is C14H14BrNO4. The minimum Gasteiger partial charge on any atom is -0.480 e. The Labute approximate surface area is 124 Å². The highest BCUT2D eigenvalue weighted by Gasteiger charge is 2.16. The highest BCUT2D eigenvalue weighted by Crippen LogP contribution is 2.11. The molecule has 0 heterocycles. The van der Waals surface area contributed by atoms with Gasteiger partial charge in [0.2, 0.25) is 5.91 Å². The topological polar surface area (TPSA) is 83.5 Å². The first-order valence-corrected chi connectivity index (χ1v) is 6.74. The van der Waals surface area contributed by atoms with Gasteiger partial charge in [-0.3, -0.25) is 9.59 Å². The van der Waals surface area contributed by atoms with Gasteiger partial charge in [-0.2, -0.15) is 0 Å². The van der Waals surface area contributed by atoms with Crippen LogP contribution in [0.15, 0.2) is 40.9 Å². The van der Waals surface area contributed by atoms with Gasteiger partial charge in [-0.05, 0) is 36.8 Å². The number of halogens is 1. The van der Waals surface area contributed by atoms with Gasteiger partial charge in [-0.25, -0.2) is 4.79 Å². The van der Waals surface area contributed by atoms with Crippen molar-refractivity contribution in [1.29, 1.82) is 0 Å². The third-order valence-corrected chi connectivity index (χ3v) is 3.07. The van der Waals surface area contributed by atoms with Gasteiger partial charge >= 0.3 is 5.97 Å². The van der Waals surface area contributed by atoms with E-state index >= 15 is 0 Å². The van der Waals surface area contributed by atoms with Crippen LogP contribution in [0.1, 0.15) is 23.7 Å². The Hall–Kier alpha value is -1.95. The lowest BCUT2D eigenvalue weighted by atomic mass is 10.1. The number of carboxylic acid groups (broad SMARTS) is 1. The van der Waals surface area contributed by atoms with Gasteiger partial charge in [0.05, 0.1) is 0 Å². The number of hydrogen-bond donors (Lipinski definition) is 2. The number of ketones is 1. The van der Waals surface area contributed by atoms with E-state index in [2.05, 4.69) is 21.2 Å². The molecule has 5 nitrogen and oxygen atoms in total. The van der Waals surface area contributed by atoms with Gasteiger partial charge < -0.3 is 10.4 Å². The largest absolute Gasteiger partial charge is 0.480 e. The fraction of sp³-hybridized carbons (Fsp3) is 0.214. The van der Waals surface area contributed by atoms with Crippen molar-refractivity contribution in [3.05, 3.63) is 46.5 Å². The van der Waals surface area contributed by atoms with Crippen molar-refractivity contribution in [2.24, 2.45) is 0 Å². The number of rotatable bonds is 6. The summed E-state index contributed by atoms with van der Waals surface area (Å²) in [6.07, 6.45) is 2.43. The summed E-state index contributed by atoms with van der Waals surface area (Å²) in [5, 5.41) is 11.1. The van der Waals surface area contributed by atoms with Crippen molar-refractivity contribution in [2.75, 3.05) is 0 Å². The van der Waals surface area contributed by atoms with Crippen molar-refractivity contribution in [3.8, 4) is 0 Å². The summed E-state index contributed by atoms with van der Waals surface area (Å²) in [4.78, 5) is 34.0. The first-order valence-electron chi connectivity index (χ1n) is 5.95. The van der Waals surface area contributed by atoms with E-state index in [0.29, 0.717) is 5.56 Å². The molecule has 1 aromatic rings. The van der Waals surface area contributed by atoms with Crippen LogP contribution in [0.3, 0.4) is 0 Å². The molecule has 1 rings (SSSR count). The van der Waals surface area contributed by atoms with Gasteiger partial charge in [0.1, 0.15) is 6.04 Å². The third kappa shape index (κ3) is 4.97. The quantitative estimate of drug-likeness (QED) is 0.614. The average molecular weight is 340 g/mol. The van der Waals surface area contributed by atoms with Crippen LogP contribution in [0, 0.1) is 0 Å². The fourth-order valence-corrected chi connectivity index (χ4v) is 1.68. The molecule has 0 aliphatic rings. The number of aliphatic carboxylic acids is 1. The van der Waals surface area contributed by atoms with Crippen LogP contribution in [0.4, 0.5) is 0 Å². The van der Waals surface area contributed by atoms with E-state index in [4.69, 9.17) is 5.11 Å². The second kappa shape index (κ2) is 7.59. The fourth-order valence-electron chi connectivity index (χ4n) is 1.42. The average Bonchev–Trinajstić information content (AvgIpc) is 2.42. The van der Waals surface area contributed by atoms with Crippen molar-refractivity contribution in [1.82, 2.24) is 5.32 Å². The minimum atomic E-state index is -1.10. The van der Waals surface area contributed by atoms with E-state index in [1.54, 1.807) is 31.2 Å². The molecular weight excluding hydrogens is 326 g/mol. The highest BCUT2D eigenvalue weighted by molar-refractivity contribution is 9.10. The van der Waals surface area contributed by atoms with E-state index in [1.807, 2.05) is 0 Å². The Morgan fingerprint density at radius 3 is 2.35 bits per heavy atom. The number of carboxylic acids is 1. The Bertz CT molecular complexity index is 537. The number of benzene rings is 1. The molecule has 106 valence electrons. The Morgan fingerprint density at radius 2 is 1.85 bits per heavy atom. The molecule has 1 unspecified atom stereocenters. The molecule has 1 atom stereocenters. The molecule has 1 amide bonds. The number of carbonyl (C=O) groups excluding carboxylic acids is 2. The molecule has 6 heteroatoms. The summed E-state index contributed by atoms with van der Waals surface area (Å²) in [7, 11) is 0. The van der Waals surface area contributed by atoms with Gasteiger partial charge in [-0.15, -0.1) is 0 Å². The lowest BCUT2D eigenvalue weighted by Gasteiger charge is -2.09. The lowest BCUT2D eigenvalue weighted by Crippen LogP contribution is -2.39. The second-order valence-corrected chi connectivity index (χ2v) is 4.93. The molecule has 0 saturated heterocycles. The van der Waals surface area contributed by atoms with Crippen LogP contribution in [0.5, 0.6) is 0 Å². The maximum atomic E-state index is 11.8. The van der Waals surface area contributed by atoms with E-state index in [1.165, 1.54) is 0 Å². The minimum absolute atomic E-state index is 0.273. The predicted molar refractivity (Wildman–Crippen MR) is 77.5 cm³/mol. The van der Waals surface area contributed by atoms with E-state index < -0.39 is 17.9 Å². The maximum absolute atomic E-state index is 11.8. The second-order valence-electron chi connectivity index (χ2n) is 4.01. The van der Waals surface area contributed by atoms with Gasteiger partial charge in [-0.1, -0.05) is 22.9 Å². The summed E-state index contributed by atoms with van der Waals surface area (Å²) >= 11 is 3.26. The Balaban J connectivity index is 2.63. The molecule has 2 N–H and O–H groups in total. The monoisotopic (exact) mass is 339 g/mol. The molecule has 0 saturated carbocycles. The zero-order valence-corrected chi connectivity index (χ0v) is 12.4. The Morgan fingerprint density at radius 1 is 1.25 bits per heavy atom. The summed E-state index contributed by atoms with van der Waals surface area (Å²) < 4.78 is 0.850.